The Morgan fingerprint density at radius 3 is 2.21 bits per heavy atom. The van der Waals surface area contributed by atoms with E-state index < -0.39 is 17.9 Å². The molecule has 0 spiro atoms. The van der Waals surface area contributed by atoms with Crippen molar-refractivity contribution in [2.45, 2.75) is 12.5 Å². The fourth-order valence-corrected chi connectivity index (χ4v) is 3.55. The first-order chi connectivity index (χ1) is 16.3. The first kappa shape index (κ1) is 24.5. The lowest BCUT2D eigenvalue weighted by Crippen LogP contribution is -2.67. The molecule has 34 heavy (non-hydrogen) atoms. The number of anilines is 1. The van der Waals surface area contributed by atoms with Gasteiger partial charge in [0.1, 0.15) is 5.75 Å². The van der Waals surface area contributed by atoms with Gasteiger partial charge in [0, 0.05) is 11.1 Å². The maximum atomic E-state index is 12.5. The SMILES string of the molecule is COc1ccc(C2=C(c3cc(OC)c(OC)c(OC)c3)N=NC2)cc1NC(=O)C([NH3+])CC(N)=O. The highest BCUT2D eigenvalue weighted by molar-refractivity contribution is 5.99. The second kappa shape index (κ2) is 10.7. The lowest BCUT2D eigenvalue weighted by Gasteiger charge is -2.16. The molecule has 0 aromatic heterocycles. The van der Waals surface area contributed by atoms with E-state index in [9.17, 15) is 9.59 Å². The number of ether oxygens (including phenoxy) is 4. The van der Waals surface area contributed by atoms with Crippen molar-refractivity contribution < 1.29 is 34.3 Å². The number of benzene rings is 2. The average Bonchev–Trinajstić information content (AvgIpc) is 3.32. The van der Waals surface area contributed by atoms with Crippen molar-refractivity contribution in [2.75, 3.05) is 40.3 Å². The molecule has 3 rings (SSSR count). The van der Waals surface area contributed by atoms with E-state index in [1.54, 1.807) is 38.5 Å². The molecule has 6 N–H and O–H groups in total. The van der Waals surface area contributed by atoms with E-state index in [2.05, 4.69) is 21.3 Å². The molecule has 2 aromatic carbocycles. The predicted octanol–water partition coefficient (Wildman–Crippen LogP) is 1.48. The van der Waals surface area contributed by atoms with Crippen LogP contribution in [0.15, 0.2) is 40.6 Å². The fourth-order valence-electron chi connectivity index (χ4n) is 3.55. The zero-order chi connectivity index (χ0) is 24.8. The molecule has 0 bridgehead atoms. The molecule has 0 saturated heterocycles. The summed E-state index contributed by atoms with van der Waals surface area (Å²) in [5.74, 6) is 0.845. The number of quaternary nitrogens is 1. The molecular formula is C23H28N5O6+. The van der Waals surface area contributed by atoms with E-state index in [0.717, 1.165) is 16.7 Å². The molecule has 1 atom stereocenters. The Morgan fingerprint density at radius 2 is 1.65 bits per heavy atom. The summed E-state index contributed by atoms with van der Waals surface area (Å²) in [5, 5.41) is 11.3. The quantitative estimate of drug-likeness (QED) is 0.476. The number of rotatable bonds is 10. The Labute approximate surface area is 196 Å². The zero-order valence-corrected chi connectivity index (χ0v) is 19.5. The summed E-state index contributed by atoms with van der Waals surface area (Å²) in [7, 11) is 6.11. The first-order valence-corrected chi connectivity index (χ1v) is 10.3. The smallest absolute Gasteiger partial charge is 0.283 e. The standard InChI is InChI=1S/C23H27N5O6/c1-31-17-6-5-12(7-16(17)27-23(30)15(24)10-20(25)29)14-11-26-28-21(14)13-8-18(32-2)22(34-4)19(9-13)33-3/h5-9,15H,10-11,24H2,1-4H3,(H2,25,29)(H,27,30)/p+1. The van der Waals surface area contributed by atoms with Gasteiger partial charge < -0.3 is 35.7 Å². The van der Waals surface area contributed by atoms with E-state index in [1.165, 1.54) is 14.2 Å². The highest BCUT2D eigenvalue weighted by atomic mass is 16.5. The van der Waals surface area contributed by atoms with Gasteiger partial charge in [-0.15, -0.1) is 0 Å². The molecule has 1 aliphatic heterocycles. The number of methoxy groups -OCH3 is 4. The number of amides is 2. The number of hydrogen-bond acceptors (Lipinski definition) is 8. The third-order valence-corrected chi connectivity index (χ3v) is 5.25. The van der Waals surface area contributed by atoms with Crippen LogP contribution in [0, 0.1) is 0 Å². The van der Waals surface area contributed by atoms with Crippen molar-refractivity contribution in [1.82, 2.24) is 0 Å². The molecule has 0 radical (unpaired) electrons. The van der Waals surface area contributed by atoms with Crippen LogP contribution in [0.2, 0.25) is 0 Å². The van der Waals surface area contributed by atoms with Crippen LogP contribution in [0.3, 0.4) is 0 Å². The van der Waals surface area contributed by atoms with Gasteiger partial charge in [0.2, 0.25) is 11.7 Å². The Balaban J connectivity index is 2.03. The van der Waals surface area contributed by atoms with Crippen molar-refractivity contribution in [1.29, 1.82) is 0 Å². The molecule has 11 heteroatoms. The number of nitrogens with one attached hydrogen (secondary N) is 1. The molecule has 0 fully saturated rings. The van der Waals surface area contributed by atoms with Gasteiger partial charge in [-0.05, 0) is 29.8 Å². The van der Waals surface area contributed by atoms with Crippen LogP contribution in [0.1, 0.15) is 17.5 Å². The van der Waals surface area contributed by atoms with Gasteiger partial charge >= 0.3 is 0 Å². The van der Waals surface area contributed by atoms with Crippen LogP contribution in [0.25, 0.3) is 11.3 Å². The molecule has 0 aliphatic carbocycles. The first-order valence-electron chi connectivity index (χ1n) is 10.3. The maximum absolute atomic E-state index is 12.5. The second-order valence-corrected chi connectivity index (χ2v) is 7.41. The molecular weight excluding hydrogens is 442 g/mol. The van der Waals surface area contributed by atoms with Crippen LogP contribution in [-0.4, -0.2) is 52.8 Å². The largest absolute Gasteiger partial charge is 0.495 e. The summed E-state index contributed by atoms with van der Waals surface area (Å²) < 4.78 is 21.7. The van der Waals surface area contributed by atoms with Gasteiger partial charge in [0.15, 0.2) is 17.5 Å². The lowest BCUT2D eigenvalue weighted by molar-refractivity contribution is -0.401. The van der Waals surface area contributed by atoms with Crippen LogP contribution in [0.4, 0.5) is 5.69 Å². The van der Waals surface area contributed by atoms with Crippen molar-refractivity contribution in [3.63, 3.8) is 0 Å². The Morgan fingerprint density at radius 1 is 1.00 bits per heavy atom. The number of primary amides is 1. The lowest BCUT2D eigenvalue weighted by atomic mass is 9.99. The second-order valence-electron chi connectivity index (χ2n) is 7.41. The van der Waals surface area contributed by atoms with Gasteiger partial charge in [-0.2, -0.15) is 10.2 Å². The predicted molar refractivity (Wildman–Crippen MR) is 125 cm³/mol. The van der Waals surface area contributed by atoms with E-state index in [0.29, 0.717) is 40.9 Å². The van der Waals surface area contributed by atoms with Crippen molar-refractivity contribution >= 4 is 28.8 Å². The molecule has 180 valence electrons. The number of azo groups is 1. The number of carbonyl (C=O) groups is 2. The summed E-state index contributed by atoms with van der Waals surface area (Å²) >= 11 is 0. The summed E-state index contributed by atoms with van der Waals surface area (Å²) in [6.07, 6.45) is -0.165. The van der Waals surface area contributed by atoms with E-state index in [1.807, 2.05) is 6.07 Å². The minimum Gasteiger partial charge on any atom is -0.495 e. The molecule has 1 aliphatic rings. The Hall–Kier alpha value is -4.12. The van der Waals surface area contributed by atoms with Crippen LogP contribution >= 0.6 is 0 Å². The van der Waals surface area contributed by atoms with Gasteiger partial charge in [-0.25, -0.2) is 0 Å². The van der Waals surface area contributed by atoms with Gasteiger partial charge in [-0.3, -0.25) is 9.59 Å². The molecule has 1 unspecified atom stereocenters. The monoisotopic (exact) mass is 470 g/mol. The molecule has 2 aromatic rings. The number of hydrogen-bond donors (Lipinski definition) is 3. The van der Waals surface area contributed by atoms with Crippen molar-refractivity contribution in [3.8, 4) is 23.0 Å². The molecule has 2 amide bonds. The van der Waals surface area contributed by atoms with Crippen molar-refractivity contribution in [2.24, 2.45) is 16.0 Å². The minimum atomic E-state index is -0.837. The highest BCUT2D eigenvalue weighted by Gasteiger charge is 2.24. The van der Waals surface area contributed by atoms with Crippen LogP contribution in [0.5, 0.6) is 23.0 Å². The highest BCUT2D eigenvalue weighted by Crippen LogP contribution is 2.43. The van der Waals surface area contributed by atoms with Gasteiger partial charge in [0.25, 0.3) is 5.91 Å². The van der Waals surface area contributed by atoms with Gasteiger partial charge in [-0.1, -0.05) is 6.07 Å². The summed E-state index contributed by atoms with van der Waals surface area (Å²) in [6.45, 7) is 0.339. The van der Waals surface area contributed by atoms with Gasteiger partial charge in [0.05, 0.1) is 52.8 Å². The molecule has 0 saturated carbocycles. The Kier molecular flexibility index (Phi) is 7.69. The summed E-state index contributed by atoms with van der Waals surface area (Å²) in [4.78, 5) is 23.7. The van der Waals surface area contributed by atoms with E-state index in [-0.39, 0.29) is 6.42 Å². The maximum Gasteiger partial charge on any atom is 0.283 e. The molecule has 1 heterocycles. The third kappa shape index (κ3) is 5.09. The molecule has 11 nitrogen and oxygen atoms in total. The normalized spacial score (nSPS) is 13.4. The summed E-state index contributed by atoms with van der Waals surface area (Å²) in [5.41, 5.74) is 12.3. The van der Waals surface area contributed by atoms with Crippen LogP contribution in [-0.2, 0) is 9.59 Å². The van der Waals surface area contributed by atoms with Crippen molar-refractivity contribution in [3.05, 3.63) is 41.5 Å². The van der Waals surface area contributed by atoms with Crippen LogP contribution < -0.4 is 35.7 Å². The third-order valence-electron chi connectivity index (χ3n) is 5.25. The zero-order valence-electron chi connectivity index (χ0n) is 19.5. The summed E-state index contributed by atoms with van der Waals surface area (Å²) in [6, 6.07) is 8.10. The Bertz CT molecular complexity index is 1140. The topological polar surface area (TPSA) is 161 Å². The average molecular weight is 471 g/mol. The number of nitrogens with two attached hydrogens (primary N) is 1. The number of carbonyl (C=O) groups excluding carboxylic acids is 2. The van der Waals surface area contributed by atoms with E-state index in [4.69, 9.17) is 24.7 Å². The number of nitrogens with zero attached hydrogens (tertiary/aromatic N) is 2. The van der Waals surface area contributed by atoms with E-state index >= 15 is 0 Å². The fraction of sp³-hybridized carbons (Fsp3) is 0.304. The minimum absolute atomic E-state index is 0.165.